The fourth-order valence-electron chi connectivity index (χ4n) is 3.79. The average molecular weight is 434 g/mol. The van der Waals surface area contributed by atoms with Crippen molar-refractivity contribution in [3.63, 3.8) is 0 Å². The molecular weight excluding hydrogens is 411 g/mol. The Bertz CT molecular complexity index is 1220. The standard InChI is InChI=1S/C25H23FN2O4/c1-2-31-25-13-18(9-12-24(25)32-16-17-7-10-19(26)11-8-17)22(15-28(29)30)21-14-27-23-6-4-3-5-20(21)23/h3-14,22,27H,2,15-16H2,1H3/t22-/m0/s1. The zero-order valence-electron chi connectivity index (χ0n) is 17.6. The Kier molecular flexibility index (Phi) is 6.35. The van der Waals surface area contributed by atoms with Gasteiger partial charge in [0, 0.05) is 22.0 Å². The minimum absolute atomic E-state index is 0.247. The van der Waals surface area contributed by atoms with Gasteiger partial charge in [0.2, 0.25) is 6.54 Å². The van der Waals surface area contributed by atoms with Crippen LogP contribution in [0.15, 0.2) is 72.9 Å². The lowest BCUT2D eigenvalue weighted by Crippen LogP contribution is -2.14. The molecule has 6 nitrogen and oxygen atoms in total. The molecule has 0 aliphatic rings. The highest BCUT2D eigenvalue weighted by Gasteiger charge is 2.24. The number of para-hydroxylation sites is 1. The van der Waals surface area contributed by atoms with Gasteiger partial charge in [-0.2, -0.15) is 0 Å². The van der Waals surface area contributed by atoms with E-state index in [4.69, 9.17) is 9.47 Å². The average Bonchev–Trinajstić information content (AvgIpc) is 3.22. The molecule has 1 N–H and O–H groups in total. The number of nitrogens with one attached hydrogen (secondary N) is 1. The molecule has 0 aliphatic carbocycles. The Labute approximate surface area is 184 Å². The van der Waals surface area contributed by atoms with Gasteiger partial charge in [0.1, 0.15) is 12.4 Å². The lowest BCUT2D eigenvalue weighted by Gasteiger charge is -2.17. The number of nitro groups is 1. The molecule has 4 aromatic rings. The summed E-state index contributed by atoms with van der Waals surface area (Å²) < 4.78 is 24.8. The predicted octanol–water partition coefficient (Wildman–Crippen LogP) is 5.69. The summed E-state index contributed by atoms with van der Waals surface area (Å²) in [5, 5.41) is 12.4. The number of halogens is 1. The van der Waals surface area contributed by atoms with Gasteiger partial charge in [-0.25, -0.2) is 4.39 Å². The van der Waals surface area contributed by atoms with Crippen LogP contribution in [0.2, 0.25) is 0 Å². The molecule has 0 aliphatic heterocycles. The number of aromatic nitrogens is 1. The first-order valence-electron chi connectivity index (χ1n) is 10.4. The third kappa shape index (κ3) is 4.72. The van der Waals surface area contributed by atoms with Gasteiger partial charge in [-0.05, 0) is 53.9 Å². The van der Waals surface area contributed by atoms with E-state index in [1.807, 2.05) is 43.5 Å². The van der Waals surface area contributed by atoms with Crippen LogP contribution in [-0.2, 0) is 6.61 Å². The molecule has 1 atom stereocenters. The lowest BCUT2D eigenvalue weighted by atomic mass is 9.90. The second-order valence-electron chi connectivity index (χ2n) is 7.41. The van der Waals surface area contributed by atoms with Crippen LogP contribution in [-0.4, -0.2) is 23.1 Å². The molecule has 0 unspecified atom stereocenters. The molecule has 0 radical (unpaired) electrons. The third-order valence-corrected chi connectivity index (χ3v) is 5.31. The molecule has 32 heavy (non-hydrogen) atoms. The van der Waals surface area contributed by atoms with Crippen molar-refractivity contribution in [2.24, 2.45) is 0 Å². The first-order valence-corrected chi connectivity index (χ1v) is 10.4. The van der Waals surface area contributed by atoms with Gasteiger partial charge < -0.3 is 14.5 Å². The van der Waals surface area contributed by atoms with Crippen LogP contribution in [0.4, 0.5) is 4.39 Å². The maximum atomic E-state index is 13.1. The number of hydrogen-bond acceptors (Lipinski definition) is 4. The number of aromatic amines is 1. The highest BCUT2D eigenvalue weighted by molar-refractivity contribution is 5.84. The number of benzene rings is 3. The molecule has 7 heteroatoms. The normalized spacial score (nSPS) is 11.9. The Morgan fingerprint density at radius 3 is 2.56 bits per heavy atom. The van der Waals surface area contributed by atoms with Gasteiger partial charge in [-0.15, -0.1) is 0 Å². The van der Waals surface area contributed by atoms with Crippen LogP contribution in [0.25, 0.3) is 10.9 Å². The van der Waals surface area contributed by atoms with Crippen LogP contribution in [0.5, 0.6) is 11.5 Å². The first-order chi connectivity index (χ1) is 15.5. The van der Waals surface area contributed by atoms with E-state index < -0.39 is 5.92 Å². The molecule has 0 bridgehead atoms. The molecular formula is C25H23FN2O4. The van der Waals surface area contributed by atoms with E-state index in [0.29, 0.717) is 18.1 Å². The fourth-order valence-corrected chi connectivity index (χ4v) is 3.79. The summed E-state index contributed by atoms with van der Waals surface area (Å²) in [4.78, 5) is 14.4. The summed E-state index contributed by atoms with van der Waals surface area (Å²) in [6.45, 7) is 2.29. The summed E-state index contributed by atoms with van der Waals surface area (Å²) in [6, 6.07) is 19.2. The zero-order chi connectivity index (χ0) is 22.5. The Morgan fingerprint density at radius 2 is 1.81 bits per heavy atom. The van der Waals surface area contributed by atoms with Gasteiger partial charge in [0.25, 0.3) is 0 Å². The SMILES string of the molecule is CCOc1cc([C@H](C[N+](=O)[O-])c2c[nH]c3ccccc23)ccc1OCc1ccc(F)cc1. The Balaban J connectivity index is 1.66. The number of fused-ring (bicyclic) bond motifs is 1. The number of rotatable bonds is 9. The second kappa shape index (κ2) is 9.51. The van der Waals surface area contributed by atoms with Crippen LogP contribution in [0.1, 0.15) is 29.5 Å². The minimum Gasteiger partial charge on any atom is -0.490 e. The van der Waals surface area contributed by atoms with Crippen LogP contribution in [0, 0.1) is 15.9 Å². The molecule has 0 saturated heterocycles. The zero-order valence-corrected chi connectivity index (χ0v) is 17.6. The van der Waals surface area contributed by atoms with E-state index in [-0.39, 0.29) is 23.9 Å². The summed E-state index contributed by atoms with van der Waals surface area (Å²) in [7, 11) is 0. The Morgan fingerprint density at radius 1 is 1.03 bits per heavy atom. The topological polar surface area (TPSA) is 77.4 Å². The van der Waals surface area contributed by atoms with Crippen LogP contribution < -0.4 is 9.47 Å². The van der Waals surface area contributed by atoms with E-state index in [2.05, 4.69) is 4.98 Å². The lowest BCUT2D eigenvalue weighted by molar-refractivity contribution is -0.481. The maximum Gasteiger partial charge on any atom is 0.214 e. The van der Waals surface area contributed by atoms with Gasteiger partial charge in [0.05, 0.1) is 12.5 Å². The molecule has 0 amide bonds. The number of nitrogens with zero attached hydrogens (tertiary/aromatic N) is 1. The van der Waals surface area contributed by atoms with Gasteiger partial charge in [-0.3, -0.25) is 10.1 Å². The predicted molar refractivity (Wildman–Crippen MR) is 120 cm³/mol. The van der Waals surface area contributed by atoms with E-state index in [9.17, 15) is 14.5 Å². The third-order valence-electron chi connectivity index (χ3n) is 5.31. The second-order valence-corrected chi connectivity index (χ2v) is 7.41. The van der Waals surface area contributed by atoms with E-state index in [0.717, 1.165) is 27.6 Å². The van der Waals surface area contributed by atoms with Crippen molar-refractivity contribution >= 4 is 10.9 Å². The van der Waals surface area contributed by atoms with Gasteiger partial charge in [-0.1, -0.05) is 36.4 Å². The molecule has 0 fully saturated rings. The van der Waals surface area contributed by atoms with E-state index in [1.54, 1.807) is 24.3 Å². The molecule has 1 aromatic heterocycles. The highest BCUT2D eigenvalue weighted by Crippen LogP contribution is 2.36. The quantitative estimate of drug-likeness (QED) is 0.271. The highest BCUT2D eigenvalue weighted by atomic mass is 19.1. The van der Waals surface area contributed by atoms with Crippen molar-refractivity contribution in [1.29, 1.82) is 0 Å². The first kappa shape index (κ1) is 21.4. The number of ether oxygens (including phenoxy) is 2. The maximum absolute atomic E-state index is 13.1. The summed E-state index contributed by atoms with van der Waals surface area (Å²) in [5.74, 6) is 0.285. The van der Waals surface area contributed by atoms with Gasteiger partial charge in [0.15, 0.2) is 11.5 Å². The van der Waals surface area contributed by atoms with Crippen LogP contribution >= 0.6 is 0 Å². The van der Waals surface area contributed by atoms with Crippen molar-refractivity contribution in [3.8, 4) is 11.5 Å². The van der Waals surface area contributed by atoms with E-state index >= 15 is 0 Å². The minimum atomic E-state index is -0.452. The van der Waals surface area contributed by atoms with Crippen molar-refractivity contribution < 1.29 is 18.8 Å². The fraction of sp³-hybridized carbons (Fsp3) is 0.200. The van der Waals surface area contributed by atoms with E-state index in [1.165, 1.54) is 12.1 Å². The summed E-state index contributed by atoms with van der Waals surface area (Å²) >= 11 is 0. The largest absolute Gasteiger partial charge is 0.490 e. The number of H-pyrrole nitrogens is 1. The van der Waals surface area contributed by atoms with Gasteiger partial charge >= 0.3 is 0 Å². The Hall–Kier alpha value is -3.87. The van der Waals surface area contributed by atoms with Crippen molar-refractivity contribution in [3.05, 3.63) is 106 Å². The molecule has 0 saturated carbocycles. The summed E-state index contributed by atoms with van der Waals surface area (Å²) in [5.41, 5.74) is 3.38. The van der Waals surface area contributed by atoms with Crippen molar-refractivity contribution in [2.45, 2.75) is 19.4 Å². The monoisotopic (exact) mass is 434 g/mol. The number of hydrogen-bond donors (Lipinski definition) is 1. The van der Waals surface area contributed by atoms with Crippen molar-refractivity contribution in [1.82, 2.24) is 4.98 Å². The summed E-state index contributed by atoms with van der Waals surface area (Å²) in [6.07, 6.45) is 1.83. The molecule has 4 rings (SSSR count). The van der Waals surface area contributed by atoms with Crippen molar-refractivity contribution in [2.75, 3.05) is 13.2 Å². The molecule has 0 spiro atoms. The smallest absolute Gasteiger partial charge is 0.214 e. The molecule has 164 valence electrons. The molecule has 1 heterocycles. The van der Waals surface area contributed by atoms with Crippen LogP contribution in [0.3, 0.4) is 0 Å². The molecule has 3 aromatic carbocycles.